The van der Waals surface area contributed by atoms with E-state index in [1.165, 1.54) is 16.0 Å². The highest BCUT2D eigenvalue weighted by Gasteiger charge is 2.21. The lowest BCUT2D eigenvalue weighted by molar-refractivity contribution is 0.346. The van der Waals surface area contributed by atoms with Gasteiger partial charge in [0, 0.05) is 31.2 Å². The molecule has 0 aliphatic carbocycles. The molecule has 0 atom stereocenters. The molecule has 1 N–H and O–H groups in total. The molecule has 3 rings (SSSR count). The molecule has 0 spiro atoms. The third-order valence-corrected chi connectivity index (χ3v) is 5.21. The first-order valence-corrected chi connectivity index (χ1v) is 9.07. The van der Waals surface area contributed by atoms with Crippen molar-refractivity contribution in [1.82, 2.24) is 15.2 Å². The molecule has 2 aromatic rings. The molecule has 0 bridgehead atoms. The van der Waals surface area contributed by atoms with Gasteiger partial charge in [0.25, 0.3) is 0 Å². The maximum Gasteiger partial charge on any atom is 0.194 e. The predicted molar refractivity (Wildman–Crippen MR) is 101 cm³/mol. The summed E-state index contributed by atoms with van der Waals surface area (Å²) in [4.78, 5) is 12.3. The summed E-state index contributed by atoms with van der Waals surface area (Å²) in [6.45, 7) is 4.48. The summed E-state index contributed by atoms with van der Waals surface area (Å²) in [7, 11) is 5.16. The largest absolute Gasteiger partial charge is 0.493 e. The maximum atomic E-state index is 5.44. The second-order valence-corrected chi connectivity index (χ2v) is 7.23. The van der Waals surface area contributed by atoms with Crippen molar-refractivity contribution < 1.29 is 9.47 Å². The Morgan fingerprint density at radius 2 is 2.00 bits per heavy atom. The van der Waals surface area contributed by atoms with Crippen molar-refractivity contribution in [3.63, 3.8) is 0 Å². The number of thiazole rings is 1. The van der Waals surface area contributed by atoms with Crippen LogP contribution in [-0.2, 0) is 19.5 Å². The predicted octanol–water partition coefficient (Wildman–Crippen LogP) is 2.60. The molecule has 0 unspecified atom stereocenters. The van der Waals surface area contributed by atoms with Crippen molar-refractivity contribution in [3.05, 3.63) is 39.3 Å². The number of guanidine groups is 1. The fourth-order valence-corrected chi connectivity index (χ4v) is 3.76. The second kappa shape index (κ2) is 7.74. The molecule has 0 amide bonds. The van der Waals surface area contributed by atoms with Crippen LogP contribution in [0.3, 0.4) is 0 Å². The highest BCUT2D eigenvalue weighted by atomic mass is 32.1. The van der Waals surface area contributed by atoms with Crippen molar-refractivity contribution >= 4 is 17.3 Å². The fraction of sp³-hybridized carbons (Fsp3) is 0.444. The molecule has 0 fully saturated rings. The van der Waals surface area contributed by atoms with Crippen molar-refractivity contribution in [2.45, 2.75) is 26.4 Å². The number of hydrogen-bond acceptors (Lipinski definition) is 5. The van der Waals surface area contributed by atoms with Gasteiger partial charge in [-0.05, 0) is 36.6 Å². The number of rotatable bonds is 4. The number of ether oxygens (including phenoxy) is 2. The van der Waals surface area contributed by atoms with Gasteiger partial charge in [0.2, 0.25) is 0 Å². The number of hydrogen-bond donors (Lipinski definition) is 1. The summed E-state index contributed by atoms with van der Waals surface area (Å²) >= 11 is 1.71. The average molecular weight is 360 g/mol. The molecule has 1 aliphatic rings. The van der Waals surface area contributed by atoms with E-state index in [0.29, 0.717) is 6.54 Å². The van der Waals surface area contributed by atoms with E-state index in [1.54, 1.807) is 25.6 Å². The van der Waals surface area contributed by atoms with Crippen LogP contribution in [0.5, 0.6) is 11.5 Å². The Labute approximate surface area is 152 Å². The summed E-state index contributed by atoms with van der Waals surface area (Å²) in [5, 5.41) is 4.49. The standard InChI is InChI=1S/C18H24N4O2S/c1-12-9-20-17(25-12)10-21-18(19-2)22-6-5-13-7-15(23-3)16(24-4)8-14(13)11-22/h7-9H,5-6,10-11H2,1-4H3,(H,19,21). The smallest absolute Gasteiger partial charge is 0.194 e. The third kappa shape index (κ3) is 3.87. The zero-order chi connectivity index (χ0) is 17.8. The molecule has 25 heavy (non-hydrogen) atoms. The quantitative estimate of drug-likeness (QED) is 0.671. The number of aliphatic imine (C=N–C) groups is 1. The number of methoxy groups -OCH3 is 2. The first-order valence-electron chi connectivity index (χ1n) is 8.25. The van der Waals surface area contributed by atoms with Crippen LogP contribution in [0.4, 0.5) is 0 Å². The lowest BCUT2D eigenvalue weighted by Crippen LogP contribution is -2.43. The first-order chi connectivity index (χ1) is 12.1. The molecule has 0 radical (unpaired) electrons. The van der Waals surface area contributed by atoms with Crippen LogP contribution in [0, 0.1) is 6.92 Å². The SMILES string of the molecule is CN=C(NCc1ncc(C)s1)N1CCc2cc(OC)c(OC)cc2C1. The third-order valence-electron chi connectivity index (χ3n) is 4.30. The number of nitrogens with one attached hydrogen (secondary N) is 1. The Balaban J connectivity index is 1.71. The molecule has 134 valence electrons. The Morgan fingerprint density at radius 3 is 2.60 bits per heavy atom. The normalized spacial score (nSPS) is 14.2. The monoisotopic (exact) mass is 360 g/mol. The van der Waals surface area contributed by atoms with Gasteiger partial charge in [0.05, 0.1) is 20.8 Å². The van der Waals surface area contributed by atoms with Gasteiger partial charge in [0.1, 0.15) is 5.01 Å². The number of nitrogens with zero attached hydrogens (tertiary/aromatic N) is 3. The topological polar surface area (TPSA) is 59.0 Å². The van der Waals surface area contributed by atoms with Crippen LogP contribution in [-0.4, -0.2) is 43.7 Å². The summed E-state index contributed by atoms with van der Waals surface area (Å²) in [5.74, 6) is 2.45. The lowest BCUT2D eigenvalue weighted by atomic mass is 9.99. The van der Waals surface area contributed by atoms with Gasteiger partial charge in [0.15, 0.2) is 17.5 Å². The summed E-state index contributed by atoms with van der Waals surface area (Å²) < 4.78 is 10.8. The van der Waals surface area contributed by atoms with E-state index < -0.39 is 0 Å². The average Bonchev–Trinajstić information content (AvgIpc) is 3.06. The van der Waals surface area contributed by atoms with Crippen LogP contribution in [0.25, 0.3) is 0 Å². The van der Waals surface area contributed by atoms with Gasteiger partial charge in [-0.1, -0.05) is 0 Å². The van der Waals surface area contributed by atoms with Gasteiger partial charge in [-0.2, -0.15) is 0 Å². The van der Waals surface area contributed by atoms with Crippen molar-refractivity contribution in [2.24, 2.45) is 4.99 Å². The zero-order valence-corrected chi connectivity index (χ0v) is 15.9. The van der Waals surface area contributed by atoms with E-state index in [-0.39, 0.29) is 0 Å². The van der Waals surface area contributed by atoms with E-state index in [9.17, 15) is 0 Å². The second-order valence-electron chi connectivity index (χ2n) is 5.91. The Kier molecular flexibility index (Phi) is 5.43. The number of aromatic nitrogens is 1. The summed E-state index contributed by atoms with van der Waals surface area (Å²) in [6.07, 6.45) is 2.86. The maximum absolute atomic E-state index is 5.44. The molecular formula is C18H24N4O2S. The van der Waals surface area contributed by atoms with Crippen molar-refractivity contribution in [1.29, 1.82) is 0 Å². The highest BCUT2D eigenvalue weighted by molar-refractivity contribution is 7.11. The molecule has 1 aliphatic heterocycles. The lowest BCUT2D eigenvalue weighted by Gasteiger charge is -2.32. The first kappa shape index (κ1) is 17.5. The van der Waals surface area contributed by atoms with Crippen LogP contribution < -0.4 is 14.8 Å². The minimum atomic E-state index is 0.695. The van der Waals surface area contributed by atoms with Crippen LogP contribution in [0.2, 0.25) is 0 Å². The number of aryl methyl sites for hydroxylation is 1. The highest BCUT2D eigenvalue weighted by Crippen LogP contribution is 2.33. The molecule has 1 aromatic carbocycles. The molecule has 7 heteroatoms. The van der Waals surface area contributed by atoms with Crippen LogP contribution in [0.1, 0.15) is 21.0 Å². The van der Waals surface area contributed by atoms with E-state index in [4.69, 9.17) is 9.47 Å². The van der Waals surface area contributed by atoms with E-state index in [1.807, 2.05) is 13.2 Å². The van der Waals surface area contributed by atoms with E-state index >= 15 is 0 Å². The van der Waals surface area contributed by atoms with Gasteiger partial charge in [-0.15, -0.1) is 11.3 Å². The van der Waals surface area contributed by atoms with Gasteiger partial charge in [-0.25, -0.2) is 4.98 Å². The van der Waals surface area contributed by atoms with Crippen molar-refractivity contribution in [2.75, 3.05) is 27.8 Å². The van der Waals surface area contributed by atoms with E-state index in [2.05, 4.69) is 39.2 Å². The number of benzene rings is 1. The van der Waals surface area contributed by atoms with Crippen LogP contribution in [0.15, 0.2) is 23.3 Å². The fourth-order valence-electron chi connectivity index (χ4n) is 3.03. The Bertz CT molecular complexity index is 772. The van der Waals surface area contributed by atoms with Crippen LogP contribution >= 0.6 is 11.3 Å². The Hall–Kier alpha value is -2.28. The number of fused-ring (bicyclic) bond motifs is 1. The van der Waals surface area contributed by atoms with Gasteiger partial charge < -0.3 is 19.7 Å². The molecule has 0 saturated carbocycles. The molecule has 0 saturated heterocycles. The van der Waals surface area contributed by atoms with E-state index in [0.717, 1.165) is 42.0 Å². The molecule has 6 nitrogen and oxygen atoms in total. The summed E-state index contributed by atoms with van der Waals surface area (Å²) in [6, 6.07) is 4.15. The molecule has 1 aromatic heterocycles. The summed E-state index contributed by atoms with van der Waals surface area (Å²) in [5.41, 5.74) is 2.55. The minimum absolute atomic E-state index is 0.695. The van der Waals surface area contributed by atoms with Crippen molar-refractivity contribution in [3.8, 4) is 11.5 Å². The minimum Gasteiger partial charge on any atom is -0.493 e. The molecular weight excluding hydrogens is 336 g/mol. The Morgan fingerprint density at radius 1 is 1.28 bits per heavy atom. The zero-order valence-electron chi connectivity index (χ0n) is 15.1. The van der Waals surface area contributed by atoms with Gasteiger partial charge in [-0.3, -0.25) is 4.99 Å². The van der Waals surface area contributed by atoms with Gasteiger partial charge >= 0.3 is 0 Å². The molecule has 2 heterocycles.